The van der Waals surface area contributed by atoms with Crippen molar-refractivity contribution >= 4 is 11.6 Å². The van der Waals surface area contributed by atoms with Gasteiger partial charge in [-0.1, -0.05) is 11.6 Å². The highest BCUT2D eigenvalue weighted by Crippen LogP contribution is 2.45. The first-order valence-electron chi connectivity index (χ1n) is 5.66. The quantitative estimate of drug-likeness (QED) is 0.881. The van der Waals surface area contributed by atoms with Gasteiger partial charge in [0, 0.05) is 26.0 Å². The molecule has 16 heavy (non-hydrogen) atoms. The fourth-order valence-corrected chi connectivity index (χ4v) is 2.62. The molecule has 4 nitrogen and oxygen atoms in total. The molecule has 0 spiro atoms. The van der Waals surface area contributed by atoms with Gasteiger partial charge in [-0.25, -0.2) is 0 Å². The topological polar surface area (TPSA) is 47.3 Å². The number of nitrogens with zero attached hydrogens (tertiary/aromatic N) is 2. The minimum Gasteiger partial charge on any atom is -0.383 e. The van der Waals surface area contributed by atoms with Crippen LogP contribution in [0, 0.1) is 0 Å². The molecule has 0 saturated heterocycles. The molecule has 1 aliphatic rings. The Balaban J connectivity index is 2.16. The maximum Gasteiger partial charge on any atom is 0.113 e. The second-order valence-electron chi connectivity index (χ2n) is 4.17. The first kappa shape index (κ1) is 11.9. The van der Waals surface area contributed by atoms with E-state index in [0.717, 1.165) is 5.69 Å². The third-order valence-electron chi connectivity index (χ3n) is 3.07. The Labute approximate surface area is 100 Å². The standard InChI is InChI=1S/C11H17ClN2O2/c1-3-14-10(9(12)7-13-14)11(15)5-8(6-11)16-4-2/h7-8,15H,3-6H2,1-2H3. The molecule has 1 saturated carbocycles. The van der Waals surface area contributed by atoms with Gasteiger partial charge in [-0.15, -0.1) is 0 Å². The lowest BCUT2D eigenvalue weighted by atomic mass is 9.75. The third-order valence-corrected chi connectivity index (χ3v) is 3.34. The molecule has 0 atom stereocenters. The van der Waals surface area contributed by atoms with Crippen molar-refractivity contribution in [2.45, 2.75) is 44.9 Å². The van der Waals surface area contributed by atoms with E-state index in [2.05, 4.69) is 5.10 Å². The zero-order valence-electron chi connectivity index (χ0n) is 9.61. The number of aromatic nitrogens is 2. The summed E-state index contributed by atoms with van der Waals surface area (Å²) in [6.07, 6.45) is 2.94. The second kappa shape index (κ2) is 4.35. The average Bonchev–Trinajstić information content (AvgIpc) is 2.57. The molecule has 0 aliphatic heterocycles. The highest BCUT2D eigenvalue weighted by Gasteiger charge is 2.47. The zero-order chi connectivity index (χ0) is 11.8. The molecular formula is C11H17ClN2O2. The molecule has 1 aromatic heterocycles. The van der Waals surface area contributed by atoms with E-state index < -0.39 is 5.60 Å². The number of hydrogen-bond acceptors (Lipinski definition) is 3. The van der Waals surface area contributed by atoms with Crippen molar-refractivity contribution in [1.29, 1.82) is 0 Å². The molecule has 1 heterocycles. The highest BCUT2D eigenvalue weighted by atomic mass is 35.5. The number of aliphatic hydroxyl groups is 1. The maximum absolute atomic E-state index is 10.4. The van der Waals surface area contributed by atoms with E-state index in [1.165, 1.54) is 0 Å². The molecule has 0 bridgehead atoms. The van der Waals surface area contributed by atoms with Gasteiger partial charge in [-0.05, 0) is 13.8 Å². The number of halogens is 1. The van der Waals surface area contributed by atoms with Crippen molar-refractivity contribution in [2.75, 3.05) is 6.61 Å². The summed E-state index contributed by atoms with van der Waals surface area (Å²) in [6, 6.07) is 0. The van der Waals surface area contributed by atoms with Crippen LogP contribution in [0.3, 0.4) is 0 Å². The van der Waals surface area contributed by atoms with Crippen molar-refractivity contribution in [2.24, 2.45) is 0 Å². The Morgan fingerprint density at radius 1 is 1.62 bits per heavy atom. The maximum atomic E-state index is 10.4. The average molecular weight is 245 g/mol. The Kier molecular flexibility index (Phi) is 3.24. The number of ether oxygens (including phenoxy) is 1. The summed E-state index contributed by atoms with van der Waals surface area (Å²) in [6.45, 7) is 5.33. The molecule has 0 unspecified atom stereocenters. The fourth-order valence-electron chi connectivity index (χ4n) is 2.31. The summed E-state index contributed by atoms with van der Waals surface area (Å²) in [7, 11) is 0. The van der Waals surface area contributed by atoms with E-state index in [-0.39, 0.29) is 6.10 Å². The SMILES string of the molecule is CCOC1CC(O)(c2c(Cl)cnn2CC)C1. The smallest absolute Gasteiger partial charge is 0.113 e. The fraction of sp³-hybridized carbons (Fsp3) is 0.727. The van der Waals surface area contributed by atoms with Gasteiger partial charge in [0.25, 0.3) is 0 Å². The minimum atomic E-state index is -0.858. The van der Waals surface area contributed by atoms with Gasteiger partial charge < -0.3 is 9.84 Å². The summed E-state index contributed by atoms with van der Waals surface area (Å²) in [5, 5.41) is 15.1. The van der Waals surface area contributed by atoms with Crippen LogP contribution in [0.2, 0.25) is 5.02 Å². The number of aryl methyl sites for hydroxylation is 1. The van der Waals surface area contributed by atoms with Gasteiger partial charge in [-0.3, -0.25) is 4.68 Å². The minimum absolute atomic E-state index is 0.145. The summed E-state index contributed by atoms with van der Waals surface area (Å²) in [4.78, 5) is 0. The first-order chi connectivity index (χ1) is 7.60. The van der Waals surface area contributed by atoms with Crippen LogP contribution in [0.25, 0.3) is 0 Å². The largest absolute Gasteiger partial charge is 0.383 e. The Morgan fingerprint density at radius 2 is 2.31 bits per heavy atom. The summed E-state index contributed by atoms with van der Waals surface area (Å²) in [5.74, 6) is 0. The van der Waals surface area contributed by atoms with Crippen LogP contribution >= 0.6 is 11.6 Å². The summed E-state index contributed by atoms with van der Waals surface area (Å²) >= 11 is 6.06. The lowest BCUT2D eigenvalue weighted by Gasteiger charge is -2.43. The molecule has 5 heteroatoms. The lowest BCUT2D eigenvalue weighted by Crippen LogP contribution is -2.47. The van der Waals surface area contributed by atoms with E-state index >= 15 is 0 Å². The first-order valence-corrected chi connectivity index (χ1v) is 6.04. The van der Waals surface area contributed by atoms with Crippen LogP contribution in [0.1, 0.15) is 32.4 Å². The van der Waals surface area contributed by atoms with E-state index in [0.29, 0.717) is 31.0 Å². The van der Waals surface area contributed by atoms with Crippen molar-refractivity contribution in [3.05, 3.63) is 16.9 Å². The third kappa shape index (κ3) is 1.85. The van der Waals surface area contributed by atoms with Gasteiger partial charge in [0.05, 0.1) is 23.0 Å². The summed E-state index contributed by atoms with van der Waals surface area (Å²) in [5.41, 5.74) is -0.128. The molecule has 2 rings (SSSR count). The van der Waals surface area contributed by atoms with Gasteiger partial charge in [-0.2, -0.15) is 5.10 Å². The Morgan fingerprint density at radius 3 is 2.88 bits per heavy atom. The van der Waals surface area contributed by atoms with Crippen LogP contribution in [-0.4, -0.2) is 27.6 Å². The Bertz CT molecular complexity index is 372. The second-order valence-corrected chi connectivity index (χ2v) is 4.58. The molecule has 1 fully saturated rings. The van der Waals surface area contributed by atoms with Crippen LogP contribution in [-0.2, 0) is 16.9 Å². The number of rotatable bonds is 4. The summed E-state index contributed by atoms with van der Waals surface area (Å²) < 4.78 is 7.21. The van der Waals surface area contributed by atoms with Crippen LogP contribution in [0.4, 0.5) is 0 Å². The predicted octanol–water partition coefficient (Wildman–Crippen LogP) is 1.94. The van der Waals surface area contributed by atoms with Gasteiger partial charge in [0.15, 0.2) is 0 Å². The van der Waals surface area contributed by atoms with E-state index in [4.69, 9.17) is 16.3 Å². The molecular weight excluding hydrogens is 228 g/mol. The number of hydrogen-bond donors (Lipinski definition) is 1. The van der Waals surface area contributed by atoms with Gasteiger partial charge >= 0.3 is 0 Å². The highest BCUT2D eigenvalue weighted by molar-refractivity contribution is 6.31. The van der Waals surface area contributed by atoms with Crippen molar-refractivity contribution < 1.29 is 9.84 Å². The van der Waals surface area contributed by atoms with Crippen molar-refractivity contribution in [3.8, 4) is 0 Å². The van der Waals surface area contributed by atoms with Crippen LogP contribution in [0.15, 0.2) is 6.20 Å². The van der Waals surface area contributed by atoms with Crippen LogP contribution < -0.4 is 0 Å². The van der Waals surface area contributed by atoms with Crippen LogP contribution in [0.5, 0.6) is 0 Å². The van der Waals surface area contributed by atoms with Gasteiger partial charge in [0.2, 0.25) is 0 Å². The molecule has 0 amide bonds. The van der Waals surface area contributed by atoms with E-state index in [9.17, 15) is 5.11 Å². The molecule has 1 aromatic rings. The van der Waals surface area contributed by atoms with Crippen molar-refractivity contribution in [3.63, 3.8) is 0 Å². The molecule has 0 aromatic carbocycles. The molecule has 90 valence electrons. The zero-order valence-corrected chi connectivity index (χ0v) is 10.4. The Hall–Kier alpha value is -0.580. The van der Waals surface area contributed by atoms with E-state index in [1.807, 2.05) is 13.8 Å². The molecule has 0 radical (unpaired) electrons. The van der Waals surface area contributed by atoms with Gasteiger partial charge in [0.1, 0.15) is 5.60 Å². The monoisotopic (exact) mass is 244 g/mol. The predicted molar refractivity (Wildman–Crippen MR) is 61.5 cm³/mol. The lowest BCUT2D eigenvalue weighted by molar-refractivity contribution is -0.146. The molecule has 1 aliphatic carbocycles. The molecule has 1 N–H and O–H groups in total. The van der Waals surface area contributed by atoms with E-state index in [1.54, 1.807) is 10.9 Å². The normalized spacial score (nSPS) is 29.1. The van der Waals surface area contributed by atoms with Crippen molar-refractivity contribution in [1.82, 2.24) is 9.78 Å².